The van der Waals surface area contributed by atoms with Gasteiger partial charge in [-0.05, 0) is 33.5 Å². The van der Waals surface area contributed by atoms with Crippen molar-refractivity contribution in [2.45, 2.75) is 13.8 Å². The number of hydrogen-bond donors (Lipinski definition) is 0. The van der Waals surface area contributed by atoms with Gasteiger partial charge in [-0.15, -0.1) is 0 Å². The zero-order valence-corrected chi connectivity index (χ0v) is 10.8. The zero-order chi connectivity index (χ0) is 9.49. The highest BCUT2D eigenvalue weighted by Gasteiger charge is 2.07. The molecule has 0 aromatic carbocycles. The maximum Gasteiger partial charge on any atom is 0.145 e. The van der Waals surface area contributed by atoms with E-state index >= 15 is 0 Å². The van der Waals surface area contributed by atoms with Gasteiger partial charge in [0.05, 0.1) is 0 Å². The lowest BCUT2D eigenvalue weighted by Crippen LogP contribution is -2.13. The van der Waals surface area contributed by atoms with Crippen molar-refractivity contribution in [2.75, 3.05) is 27.7 Å². The topological polar surface area (TPSA) is 12.5 Å². The van der Waals surface area contributed by atoms with Crippen LogP contribution in [-0.2, 0) is 4.43 Å². The first kappa shape index (κ1) is 13.7. The van der Waals surface area contributed by atoms with E-state index in [1.54, 1.807) is 0 Å². The quantitative estimate of drug-likeness (QED) is 0.562. The monoisotopic (exact) mass is 176 g/mol. The molecular formula is C8H22NOSi. The van der Waals surface area contributed by atoms with E-state index in [2.05, 4.69) is 20.8 Å². The molecule has 0 saturated heterocycles. The maximum absolute atomic E-state index is 4.98. The summed E-state index contributed by atoms with van der Waals surface area (Å²) >= 11 is 0. The first-order valence-electron chi connectivity index (χ1n) is 3.75. The molecule has 1 radical (unpaired) electrons. The molecule has 0 aliphatic carbocycles. The normalized spacial score (nSPS) is 11.2. The predicted molar refractivity (Wildman–Crippen MR) is 54.6 cm³/mol. The van der Waals surface area contributed by atoms with E-state index < -0.39 is 0 Å². The highest BCUT2D eigenvalue weighted by Crippen LogP contribution is 2.10. The standard InChI is InChI=1S/C5H13OSi.C3H9N/c1-5(2,3)4-6-7;1-4(2)3/h1,4H2,2-3,7H3;1-3H3. The minimum Gasteiger partial charge on any atom is -0.427 e. The van der Waals surface area contributed by atoms with Crippen LogP contribution in [0, 0.1) is 12.3 Å². The minimum absolute atomic E-state index is 0.113. The molecule has 0 atom stereocenters. The van der Waals surface area contributed by atoms with E-state index in [9.17, 15) is 0 Å². The molecule has 0 heterocycles. The Hall–Kier alpha value is 0.137. The summed E-state index contributed by atoms with van der Waals surface area (Å²) in [5, 5.41) is 0. The van der Waals surface area contributed by atoms with Crippen LogP contribution in [0.25, 0.3) is 0 Å². The van der Waals surface area contributed by atoms with Crippen LogP contribution in [0.1, 0.15) is 13.8 Å². The Morgan fingerprint density at radius 3 is 1.64 bits per heavy atom. The van der Waals surface area contributed by atoms with Gasteiger partial charge >= 0.3 is 0 Å². The predicted octanol–water partition coefficient (Wildman–Crippen LogP) is 0.321. The highest BCUT2D eigenvalue weighted by molar-refractivity contribution is 5.97. The average molecular weight is 176 g/mol. The molecule has 0 spiro atoms. The van der Waals surface area contributed by atoms with Crippen molar-refractivity contribution in [3.8, 4) is 0 Å². The van der Waals surface area contributed by atoms with Crippen molar-refractivity contribution in [2.24, 2.45) is 5.41 Å². The molecule has 0 aliphatic heterocycles. The summed E-state index contributed by atoms with van der Waals surface area (Å²) in [7, 11) is 6.83. The van der Waals surface area contributed by atoms with Crippen LogP contribution in [0.15, 0.2) is 0 Å². The van der Waals surface area contributed by atoms with Gasteiger partial charge in [0.2, 0.25) is 0 Å². The Morgan fingerprint density at radius 2 is 1.64 bits per heavy atom. The van der Waals surface area contributed by atoms with E-state index in [1.807, 2.05) is 26.0 Å². The Balaban J connectivity index is 0. The van der Waals surface area contributed by atoms with Gasteiger partial charge in [0, 0.05) is 6.61 Å². The lowest BCUT2D eigenvalue weighted by atomic mass is 9.99. The molecule has 0 bridgehead atoms. The third kappa shape index (κ3) is 39.2. The van der Waals surface area contributed by atoms with Crippen molar-refractivity contribution in [1.29, 1.82) is 0 Å². The van der Waals surface area contributed by atoms with Crippen molar-refractivity contribution < 1.29 is 4.43 Å². The van der Waals surface area contributed by atoms with Gasteiger partial charge in [0.25, 0.3) is 0 Å². The fourth-order valence-electron chi connectivity index (χ4n) is 0.391. The van der Waals surface area contributed by atoms with Crippen molar-refractivity contribution in [1.82, 2.24) is 4.90 Å². The first-order chi connectivity index (χ1) is 4.79. The zero-order valence-electron chi connectivity index (χ0n) is 8.77. The van der Waals surface area contributed by atoms with Gasteiger partial charge in [-0.3, -0.25) is 0 Å². The molecule has 0 unspecified atom stereocenters. The van der Waals surface area contributed by atoms with Gasteiger partial charge in [0.15, 0.2) is 0 Å². The lowest BCUT2D eigenvalue weighted by Gasteiger charge is -2.15. The van der Waals surface area contributed by atoms with E-state index in [0.29, 0.717) is 0 Å². The van der Waals surface area contributed by atoms with Crippen molar-refractivity contribution in [3.63, 3.8) is 0 Å². The summed E-state index contributed by atoms with van der Waals surface area (Å²) in [6.45, 7) is 8.77. The molecule has 69 valence electrons. The fraction of sp³-hybridized carbons (Fsp3) is 0.875. The van der Waals surface area contributed by atoms with Crippen molar-refractivity contribution in [3.05, 3.63) is 6.92 Å². The van der Waals surface area contributed by atoms with Crippen LogP contribution >= 0.6 is 0 Å². The van der Waals surface area contributed by atoms with E-state index in [4.69, 9.17) is 4.43 Å². The van der Waals surface area contributed by atoms with Crippen LogP contribution in [0.2, 0.25) is 0 Å². The Kier molecular flexibility index (Phi) is 8.50. The Bertz CT molecular complexity index is 75.9. The largest absolute Gasteiger partial charge is 0.427 e. The Morgan fingerprint density at radius 1 is 1.36 bits per heavy atom. The summed E-state index contributed by atoms with van der Waals surface area (Å²) < 4.78 is 4.98. The molecule has 0 fully saturated rings. The van der Waals surface area contributed by atoms with E-state index in [1.165, 1.54) is 0 Å². The van der Waals surface area contributed by atoms with Gasteiger partial charge in [-0.2, -0.15) is 0 Å². The van der Waals surface area contributed by atoms with Crippen LogP contribution < -0.4 is 0 Å². The summed E-state index contributed by atoms with van der Waals surface area (Å²) in [6.07, 6.45) is 0. The third-order valence-corrected chi connectivity index (χ3v) is 0.824. The van der Waals surface area contributed by atoms with Crippen LogP contribution in [0.4, 0.5) is 0 Å². The molecule has 0 aromatic heterocycles. The molecule has 0 aromatic rings. The number of hydrogen-bond acceptors (Lipinski definition) is 2. The number of rotatable bonds is 2. The molecule has 0 rings (SSSR count). The molecular weight excluding hydrogens is 154 g/mol. The second kappa shape index (κ2) is 6.82. The van der Waals surface area contributed by atoms with Gasteiger partial charge in [-0.1, -0.05) is 13.8 Å². The molecule has 0 amide bonds. The lowest BCUT2D eigenvalue weighted by molar-refractivity contribution is 0.237. The van der Waals surface area contributed by atoms with Gasteiger partial charge in [-0.25, -0.2) is 0 Å². The fourth-order valence-corrected chi connectivity index (χ4v) is 1.17. The molecule has 0 saturated carbocycles. The molecule has 0 aliphatic rings. The number of nitrogens with zero attached hydrogens (tertiary/aromatic N) is 1. The molecule has 2 nitrogen and oxygen atoms in total. The summed E-state index contributed by atoms with van der Waals surface area (Å²) in [6, 6.07) is 0. The van der Waals surface area contributed by atoms with Gasteiger partial charge < -0.3 is 9.33 Å². The summed E-state index contributed by atoms with van der Waals surface area (Å²) in [5.74, 6) is 0. The first-order valence-corrected chi connectivity index (χ1v) is 4.56. The van der Waals surface area contributed by atoms with E-state index in [-0.39, 0.29) is 5.41 Å². The van der Waals surface area contributed by atoms with Crippen LogP contribution in [0.5, 0.6) is 0 Å². The Labute approximate surface area is 74.5 Å². The smallest absolute Gasteiger partial charge is 0.145 e. The second-order valence-electron chi connectivity index (χ2n) is 3.94. The highest BCUT2D eigenvalue weighted by atomic mass is 28.2. The maximum atomic E-state index is 4.98. The molecule has 11 heavy (non-hydrogen) atoms. The summed E-state index contributed by atoms with van der Waals surface area (Å²) in [4.78, 5) is 2.00. The van der Waals surface area contributed by atoms with Crippen molar-refractivity contribution >= 4 is 10.5 Å². The average Bonchev–Trinajstić information content (AvgIpc) is 1.58. The molecule has 0 N–H and O–H groups in total. The minimum atomic E-state index is 0.113. The third-order valence-electron chi connectivity index (χ3n) is 0.535. The SMILES string of the molecule is CN(C)C.[CH2]C(C)(C)CO[SiH3]. The van der Waals surface area contributed by atoms with Crippen LogP contribution in [0.3, 0.4) is 0 Å². The molecule has 3 heteroatoms. The van der Waals surface area contributed by atoms with Gasteiger partial charge in [0.1, 0.15) is 10.5 Å². The second-order valence-corrected chi connectivity index (χ2v) is 4.52. The summed E-state index contributed by atoms with van der Waals surface area (Å²) in [5.41, 5.74) is 0.113. The van der Waals surface area contributed by atoms with Crippen LogP contribution in [-0.4, -0.2) is 43.1 Å². The van der Waals surface area contributed by atoms with E-state index in [0.717, 1.165) is 17.1 Å².